The topological polar surface area (TPSA) is 55.0 Å². The number of rotatable bonds is 3. The number of nitrogens with zero attached hydrogens (tertiary/aromatic N) is 3. The van der Waals surface area contributed by atoms with Crippen molar-refractivity contribution >= 4 is 11.6 Å². The van der Waals surface area contributed by atoms with Crippen LogP contribution in [-0.4, -0.2) is 23.1 Å². The van der Waals surface area contributed by atoms with Gasteiger partial charge in [0.2, 0.25) is 0 Å². The van der Waals surface area contributed by atoms with Crippen LogP contribution in [0.25, 0.3) is 0 Å². The average Bonchev–Trinajstić information content (AvgIpc) is 2.40. The lowest BCUT2D eigenvalue weighted by molar-refractivity contribution is 0.199. The molecule has 1 fully saturated rings. The molecule has 1 aliphatic heterocycles. The van der Waals surface area contributed by atoms with E-state index in [-0.39, 0.29) is 0 Å². The molecule has 0 atom stereocenters. The van der Waals surface area contributed by atoms with Crippen molar-refractivity contribution in [3.63, 3.8) is 0 Å². The van der Waals surface area contributed by atoms with Gasteiger partial charge in [0, 0.05) is 25.5 Å². The third kappa shape index (κ3) is 2.35. The Bertz CT molecular complexity index is 363. The summed E-state index contributed by atoms with van der Waals surface area (Å²) in [4.78, 5) is 10.7. The molecule has 0 radical (unpaired) electrons. The third-order valence-corrected chi connectivity index (χ3v) is 4.33. The largest absolute Gasteiger partial charge is 0.381 e. The highest BCUT2D eigenvalue weighted by Crippen LogP contribution is 2.39. The van der Waals surface area contributed by atoms with Crippen molar-refractivity contribution in [1.82, 2.24) is 9.97 Å². The summed E-state index contributed by atoms with van der Waals surface area (Å²) in [5.74, 6) is 1.40. The lowest BCUT2D eigenvalue weighted by Gasteiger charge is -2.41. The molecule has 1 aromatic rings. The number of hydrogen-bond donors (Lipinski definition) is 1. The highest BCUT2D eigenvalue weighted by atomic mass is 15.2. The summed E-state index contributed by atoms with van der Waals surface area (Å²) < 4.78 is 0. The van der Waals surface area contributed by atoms with Crippen molar-refractivity contribution in [3.05, 3.63) is 12.4 Å². The first kappa shape index (κ1) is 12.1. The van der Waals surface area contributed by atoms with Gasteiger partial charge in [-0.15, -0.1) is 0 Å². The number of anilines is 2. The predicted molar refractivity (Wildman–Crippen MR) is 70.9 cm³/mol. The number of aromatic nitrogens is 2. The van der Waals surface area contributed by atoms with Gasteiger partial charge in [0.05, 0.1) is 0 Å². The van der Waals surface area contributed by atoms with Gasteiger partial charge < -0.3 is 10.6 Å². The van der Waals surface area contributed by atoms with E-state index in [0.717, 1.165) is 18.9 Å². The fraction of sp³-hybridized carbons (Fsp3) is 0.692. The third-order valence-electron chi connectivity index (χ3n) is 4.33. The number of hydrogen-bond acceptors (Lipinski definition) is 4. The highest BCUT2D eigenvalue weighted by Gasteiger charge is 2.32. The van der Waals surface area contributed by atoms with E-state index in [4.69, 9.17) is 5.73 Å². The second-order valence-corrected chi connectivity index (χ2v) is 4.96. The minimum absolute atomic E-state index is 0.535. The van der Waals surface area contributed by atoms with Crippen LogP contribution in [0.4, 0.5) is 11.6 Å². The molecule has 0 saturated carbocycles. The van der Waals surface area contributed by atoms with Crippen LogP contribution in [0.15, 0.2) is 12.4 Å². The quantitative estimate of drug-likeness (QED) is 0.873. The normalized spacial score (nSPS) is 19.3. The number of nitrogen functional groups attached to an aromatic ring is 1. The maximum atomic E-state index is 5.87. The fourth-order valence-corrected chi connectivity index (χ4v) is 2.74. The molecule has 17 heavy (non-hydrogen) atoms. The molecule has 2 heterocycles. The van der Waals surface area contributed by atoms with Crippen molar-refractivity contribution in [2.45, 2.75) is 39.5 Å². The van der Waals surface area contributed by atoms with E-state index in [1.165, 1.54) is 25.7 Å². The summed E-state index contributed by atoms with van der Waals surface area (Å²) in [6.07, 6.45) is 8.37. The zero-order valence-corrected chi connectivity index (χ0v) is 10.8. The molecular weight excluding hydrogens is 212 g/mol. The monoisotopic (exact) mass is 234 g/mol. The standard InChI is InChI=1S/C13H22N4/c1-3-13(4-2)5-9-17(10-6-13)12-11(14)15-7-8-16-12/h7-8H,3-6,9-10H2,1-2H3,(H2,14,15). The van der Waals surface area contributed by atoms with E-state index in [0.29, 0.717) is 11.2 Å². The molecule has 2 N–H and O–H groups in total. The SMILES string of the molecule is CCC1(CC)CCN(c2nccnc2N)CC1. The first-order valence-electron chi connectivity index (χ1n) is 6.52. The Morgan fingerprint density at radius 2 is 1.76 bits per heavy atom. The van der Waals surface area contributed by atoms with Crippen LogP contribution >= 0.6 is 0 Å². The second-order valence-electron chi connectivity index (χ2n) is 4.96. The Labute approximate surface area is 103 Å². The molecule has 94 valence electrons. The maximum Gasteiger partial charge on any atom is 0.171 e. The van der Waals surface area contributed by atoms with E-state index >= 15 is 0 Å². The van der Waals surface area contributed by atoms with Crippen LogP contribution in [-0.2, 0) is 0 Å². The molecule has 1 aliphatic rings. The molecule has 0 unspecified atom stereocenters. The van der Waals surface area contributed by atoms with E-state index in [1.807, 2.05) is 0 Å². The van der Waals surface area contributed by atoms with Gasteiger partial charge in [-0.3, -0.25) is 0 Å². The van der Waals surface area contributed by atoms with Crippen molar-refractivity contribution in [2.75, 3.05) is 23.7 Å². The summed E-state index contributed by atoms with van der Waals surface area (Å²) in [6.45, 7) is 6.70. The Kier molecular flexibility index (Phi) is 3.50. The smallest absolute Gasteiger partial charge is 0.171 e. The van der Waals surface area contributed by atoms with Gasteiger partial charge in [-0.2, -0.15) is 0 Å². The fourth-order valence-electron chi connectivity index (χ4n) is 2.74. The zero-order chi connectivity index (χ0) is 12.3. The molecule has 1 saturated heterocycles. The first-order chi connectivity index (χ1) is 8.21. The van der Waals surface area contributed by atoms with Crippen molar-refractivity contribution in [3.8, 4) is 0 Å². The van der Waals surface area contributed by atoms with Crippen molar-refractivity contribution in [2.24, 2.45) is 5.41 Å². The van der Waals surface area contributed by atoms with Gasteiger partial charge in [-0.25, -0.2) is 9.97 Å². The lowest BCUT2D eigenvalue weighted by Crippen LogP contribution is -2.40. The molecule has 0 spiro atoms. The minimum Gasteiger partial charge on any atom is -0.381 e. The molecular formula is C13H22N4. The second kappa shape index (κ2) is 4.90. The van der Waals surface area contributed by atoms with E-state index in [2.05, 4.69) is 28.7 Å². The maximum absolute atomic E-state index is 5.87. The number of piperidine rings is 1. The van der Waals surface area contributed by atoms with Crippen LogP contribution < -0.4 is 10.6 Å². The van der Waals surface area contributed by atoms with Crippen LogP contribution in [0.5, 0.6) is 0 Å². The molecule has 4 heteroatoms. The summed E-state index contributed by atoms with van der Waals surface area (Å²) >= 11 is 0. The molecule has 4 nitrogen and oxygen atoms in total. The molecule has 0 bridgehead atoms. The molecule has 1 aromatic heterocycles. The van der Waals surface area contributed by atoms with Gasteiger partial charge in [0.1, 0.15) is 0 Å². The number of nitrogens with two attached hydrogens (primary N) is 1. The van der Waals surface area contributed by atoms with Crippen LogP contribution in [0.3, 0.4) is 0 Å². The summed E-state index contributed by atoms with van der Waals surface area (Å²) in [7, 11) is 0. The summed E-state index contributed by atoms with van der Waals surface area (Å²) in [6, 6.07) is 0. The van der Waals surface area contributed by atoms with Crippen LogP contribution in [0, 0.1) is 5.41 Å². The van der Waals surface area contributed by atoms with Crippen LogP contribution in [0.1, 0.15) is 39.5 Å². The average molecular weight is 234 g/mol. The summed E-state index contributed by atoms with van der Waals surface area (Å²) in [5.41, 5.74) is 6.40. The molecule has 0 amide bonds. The van der Waals surface area contributed by atoms with E-state index in [9.17, 15) is 0 Å². The van der Waals surface area contributed by atoms with Crippen LogP contribution in [0.2, 0.25) is 0 Å². The van der Waals surface area contributed by atoms with E-state index in [1.54, 1.807) is 12.4 Å². The van der Waals surface area contributed by atoms with Crippen molar-refractivity contribution in [1.29, 1.82) is 0 Å². The first-order valence-corrected chi connectivity index (χ1v) is 6.52. The molecule has 0 aliphatic carbocycles. The highest BCUT2D eigenvalue weighted by molar-refractivity contribution is 5.57. The zero-order valence-electron chi connectivity index (χ0n) is 10.8. The Morgan fingerprint density at radius 1 is 1.18 bits per heavy atom. The predicted octanol–water partition coefficient (Wildman–Crippen LogP) is 2.47. The molecule has 2 rings (SSSR count). The Morgan fingerprint density at radius 3 is 2.29 bits per heavy atom. The van der Waals surface area contributed by atoms with Gasteiger partial charge in [-0.1, -0.05) is 26.7 Å². The Balaban J connectivity index is 2.07. The van der Waals surface area contributed by atoms with Gasteiger partial charge in [0.25, 0.3) is 0 Å². The van der Waals surface area contributed by atoms with Crippen molar-refractivity contribution < 1.29 is 0 Å². The minimum atomic E-state index is 0.535. The van der Waals surface area contributed by atoms with Gasteiger partial charge >= 0.3 is 0 Å². The van der Waals surface area contributed by atoms with Gasteiger partial charge in [-0.05, 0) is 18.3 Å². The summed E-state index contributed by atoms with van der Waals surface area (Å²) in [5, 5.41) is 0. The van der Waals surface area contributed by atoms with E-state index < -0.39 is 0 Å². The van der Waals surface area contributed by atoms with Gasteiger partial charge in [0.15, 0.2) is 11.6 Å². The Hall–Kier alpha value is -1.32. The molecule has 0 aromatic carbocycles. The lowest BCUT2D eigenvalue weighted by atomic mass is 9.74.